The minimum atomic E-state index is -4.48. The van der Waals surface area contributed by atoms with Crippen molar-refractivity contribution in [3.63, 3.8) is 0 Å². The Hall–Kier alpha value is -3.62. The van der Waals surface area contributed by atoms with Crippen LogP contribution in [0.3, 0.4) is 0 Å². The van der Waals surface area contributed by atoms with Crippen LogP contribution in [0.1, 0.15) is 16.1 Å². The van der Waals surface area contributed by atoms with Crippen molar-refractivity contribution >= 4 is 28.5 Å². The van der Waals surface area contributed by atoms with Gasteiger partial charge in [0.05, 0.1) is 5.56 Å². The number of nitrogens with one attached hydrogen (secondary N) is 2. The molecule has 1 heterocycles. The van der Waals surface area contributed by atoms with Crippen molar-refractivity contribution in [2.24, 2.45) is 0 Å². The van der Waals surface area contributed by atoms with Crippen LogP contribution in [0.2, 0.25) is 0 Å². The Kier molecular flexibility index (Phi) is 5.16. The molecule has 0 aliphatic rings. The summed E-state index contributed by atoms with van der Waals surface area (Å²) < 4.78 is 42.4. The second-order valence-corrected chi connectivity index (χ2v) is 5.79. The van der Waals surface area contributed by atoms with Crippen LogP contribution >= 0.6 is 0 Å². The number of esters is 1. The molecule has 0 aliphatic carbocycles. The fourth-order valence-corrected chi connectivity index (χ4v) is 2.46. The zero-order chi connectivity index (χ0) is 20.3. The maximum absolute atomic E-state index is 12.5. The average molecular weight is 390 g/mol. The molecule has 0 fully saturated rings. The van der Waals surface area contributed by atoms with Gasteiger partial charge in [0.25, 0.3) is 5.91 Å². The summed E-state index contributed by atoms with van der Waals surface area (Å²) in [5, 5.41) is 2.71. The van der Waals surface area contributed by atoms with Crippen LogP contribution in [-0.2, 0) is 15.7 Å². The second kappa shape index (κ2) is 7.55. The number of pyridine rings is 1. The van der Waals surface area contributed by atoms with Crippen molar-refractivity contribution in [3.8, 4) is 0 Å². The van der Waals surface area contributed by atoms with E-state index < -0.39 is 30.2 Å². The zero-order valence-electron chi connectivity index (χ0n) is 14.2. The molecule has 6 nitrogen and oxygen atoms in total. The van der Waals surface area contributed by atoms with Crippen molar-refractivity contribution in [1.82, 2.24) is 4.98 Å². The summed E-state index contributed by atoms with van der Waals surface area (Å²) in [4.78, 5) is 38.6. The summed E-state index contributed by atoms with van der Waals surface area (Å²) in [5.74, 6) is -1.65. The third kappa shape index (κ3) is 4.37. The summed E-state index contributed by atoms with van der Waals surface area (Å²) >= 11 is 0. The van der Waals surface area contributed by atoms with Gasteiger partial charge in [0, 0.05) is 22.7 Å². The lowest BCUT2D eigenvalue weighted by Gasteiger charge is -2.09. The molecule has 144 valence electrons. The van der Waals surface area contributed by atoms with Gasteiger partial charge in [-0.3, -0.25) is 9.59 Å². The molecule has 3 aromatic rings. The number of carbonyl (C=O) groups is 2. The second-order valence-electron chi connectivity index (χ2n) is 5.79. The van der Waals surface area contributed by atoms with Crippen LogP contribution < -0.4 is 10.7 Å². The lowest BCUT2D eigenvalue weighted by molar-refractivity contribution is -0.137. The Morgan fingerprint density at radius 2 is 1.71 bits per heavy atom. The molecule has 0 radical (unpaired) electrons. The topological polar surface area (TPSA) is 88.3 Å². The molecule has 0 spiro atoms. The number of carbonyl (C=O) groups excluding carboxylic acids is 2. The van der Waals surface area contributed by atoms with Crippen LogP contribution in [0.4, 0.5) is 18.9 Å². The van der Waals surface area contributed by atoms with Crippen LogP contribution in [0.5, 0.6) is 0 Å². The third-order valence-corrected chi connectivity index (χ3v) is 3.79. The minimum Gasteiger partial charge on any atom is -0.451 e. The van der Waals surface area contributed by atoms with Gasteiger partial charge in [-0.15, -0.1) is 0 Å². The summed E-state index contributed by atoms with van der Waals surface area (Å²) in [5.41, 5.74) is -0.789. The van der Waals surface area contributed by atoms with Crippen molar-refractivity contribution in [2.45, 2.75) is 6.18 Å². The maximum atomic E-state index is 12.5. The molecule has 3 rings (SSSR count). The number of H-pyrrole nitrogens is 1. The number of rotatable bonds is 4. The Morgan fingerprint density at radius 3 is 2.39 bits per heavy atom. The summed E-state index contributed by atoms with van der Waals surface area (Å²) in [6.45, 7) is -0.672. The van der Waals surface area contributed by atoms with Gasteiger partial charge in [-0.25, -0.2) is 4.79 Å². The number of aromatic nitrogens is 1. The molecular formula is C19H13F3N2O4. The number of amides is 1. The zero-order valence-corrected chi connectivity index (χ0v) is 14.2. The number of para-hydroxylation sites is 1. The van der Waals surface area contributed by atoms with E-state index in [-0.39, 0.29) is 16.8 Å². The van der Waals surface area contributed by atoms with Crippen molar-refractivity contribution in [3.05, 3.63) is 76.1 Å². The minimum absolute atomic E-state index is 0.119. The largest absolute Gasteiger partial charge is 0.451 e. The van der Waals surface area contributed by atoms with Crippen LogP contribution in [-0.4, -0.2) is 23.5 Å². The van der Waals surface area contributed by atoms with Gasteiger partial charge in [0.15, 0.2) is 12.0 Å². The first-order chi connectivity index (χ1) is 13.2. The fourth-order valence-electron chi connectivity index (χ4n) is 2.46. The molecule has 9 heteroatoms. The predicted molar refractivity (Wildman–Crippen MR) is 94.9 cm³/mol. The first-order valence-electron chi connectivity index (χ1n) is 8.00. The van der Waals surface area contributed by atoms with Gasteiger partial charge in [-0.1, -0.05) is 12.1 Å². The molecule has 28 heavy (non-hydrogen) atoms. The highest BCUT2D eigenvalue weighted by molar-refractivity contribution is 5.95. The average Bonchev–Trinajstić information content (AvgIpc) is 2.66. The molecule has 0 bridgehead atoms. The quantitative estimate of drug-likeness (QED) is 0.669. The first kappa shape index (κ1) is 19.2. The van der Waals surface area contributed by atoms with Crippen LogP contribution in [0.15, 0.2) is 59.4 Å². The lowest BCUT2D eigenvalue weighted by atomic mass is 10.2. The van der Waals surface area contributed by atoms with Gasteiger partial charge in [0.1, 0.15) is 5.69 Å². The molecule has 1 aromatic heterocycles. The first-order valence-corrected chi connectivity index (χ1v) is 8.00. The summed E-state index contributed by atoms with van der Waals surface area (Å²) in [6, 6.07) is 11.5. The molecule has 0 saturated heterocycles. The molecule has 2 aromatic carbocycles. The van der Waals surface area contributed by atoms with E-state index in [4.69, 9.17) is 4.74 Å². The van der Waals surface area contributed by atoms with E-state index in [1.165, 1.54) is 0 Å². The predicted octanol–water partition coefficient (Wildman–Crippen LogP) is 3.34. The number of halogens is 3. The maximum Gasteiger partial charge on any atom is 0.416 e. The Bertz CT molecular complexity index is 1090. The fraction of sp³-hybridized carbons (Fsp3) is 0.105. The van der Waals surface area contributed by atoms with Crippen molar-refractivity contribution in [1.29, 1.82) is 0 Å². The van der Waals surface area contributed by atoms with E-state index in [9.17, 15) is 27.6 Å². The third-order valence-electron chi connectivity index (χ3n) is 3.79. The van der Waals surface area contributed by atoms with Crippen LogP contribution in [0, 0.1) is 0 Å². The standard InChI is InChI=1S/C19H13F3N2O4/c20-19(21,22)11-5-7-12(8-6-11)23-17(26)10-28-18(27)15-9-16(25)13-3-1-2-4-14(13)24-15/h1-9H,10H2,(H,23,26)(H,24,25). The number of benzene rings is 2. The number of fused-ring (bicyclic) bond motifs is 1. The normalized spacial score (nSPS) is 11.2. The summed E-state index contributed by atoms with van der Waals surface area (Å²) in [7, 11) is 0. The Morgan fingerprint density at radius 1 is 1.04 bits per heavy atom. The monoisotopic (exact) mass is 390 g/mol. The van der Waals surface area contributed by atoms with E-state index in [0.29, 0.717) is 10.9 Å². The van der Waals surface area contributed by atoms with Gasteiger partial charge >= 0.3 is 12.1 Å². The number of hydrogen-bond donors (Lipinski definition) is 2. The van der Waals surface area contributed by atoms with E-state index in [2.05, 4.69) is 10.3 Å². The lowest BCUT2D eigenvalue weighted by Crippen LogP contribution is -2.22. The van der Waals surface area contributed by atoms with Crippen molar-refractivity contribution in [2.75, 3.05) is 11.9 Å². The molecule has 1 amide bonds. The molecular weight excluding hydrogens is 377 g/mol. The SMILES string of the molecule is O=C(COC(=O)c1cc(=O)c2ccccc2[nH]1)Nc1ccc(C(F)(F)F)cc1. The van der Waals surface area contributed by atoms with Gasteiger partial charge in [0.2, 0.25) is 0 Å². The number of hydrogen-bond acceptors (Lipinski definition) is 4. The smallest absolute Gasteiger partial charge is 0.416 e. The van der Waals surface area contributed by atoms with Crippen LogP contribution in [0.25, 0.3) is 10.9 Å². The van der Waals surface area contributed by atoms with E-state index in [1.807, 2.05) is 0 Å². The molecule has 2 N–H and O–H groups in total. The van der Waals surface area contributed by atoms with E-state index in [0.717, 1.165) is 30.3 Å². The molecule has 0 saturated carbocycles. The summed E-state index contributed by atoms with van der Waals surface area (Å²) in [6.07, 6.45) is -4.48. The number of ether oxygens (including phenoxy) is 1. The Labute approximate surface area is 155 Å². The van der Waals surface area contributed by atoms with E-state index in [1.54, 1.807) is 24.3 Å². The highest BCUT2D eigenvalue weighted by atomic mass is 19.4. The van der Waals surface area contributed by atoms with E-state index >= 15 is 0 Å². The molecule has 0 unspecified atom stereocenters. The van der Waals surface area contributed by atoms with Gasteiger partial charge in [-0.2, -0.15) is 13.2 Å². The van der Waals surface area contributed by atoms with Gasteiger partial charge < -0.3 is 15.0 Å². The highest BCUT2D eigenvalue weighted by Crippen LogP contribution is 2.29. The number of alkyl halides is 3. The molecule has 0 aliphatic heterocycles. The molecule has 0 atom stereocenters. The highest BCUT2D eigenvalue weighted by Gasteiger charge is 2.30. The number of aromatic amines is 1. The Balaban J connectivity index is 1.61. The van der Waals surface area contributed by atoms with Crippen molar-refractivity contribution < 1.29 is 27.5 Å². The number of anilines is 1. The van der Waals surface area contributed by atoms with Gasteiger partial charge in [-0.05, 0) is 36.4 Å².